The quantitative estimate of drug-likeness (QED) is 0.881. The first-order valence-electron chi connectivity index (χ1n) is 6.67. The number of rotatable bonds is 3. The van der Waals surface area contributed by atoms with Crippen LogP contribution < -0.4 is 10.2 Å². The molecule has 108 valence electrons. The van der Waals surface area contributed by atoms with Gasteiger partial charge in [-0.05, 0) is 25.0 Å². The van der Waals surface area contributed by atoms with Crippen LogP contribution in [-0.4, -0.2) is 33.3 Å². The Labute approximate surface area is 121 Å². The van der Waals surface area contributed by atoms with Crippen LogP contribution in [0.1, 0.15) is 17.7 Å². The molecular weight excluding hydrogens is 270 g/mol. The lowest BCUT2D eigenvalue weighted by atomic mass is 10.2. The number of amides is 2. The van der Waals surface area contributed by atoms with E-state index in [1.807, 2.05) is 13.0 Å². The number of carbonyl (C=O) groups excluding carboxylic acids is 2. The van der Waals surface area contributed by atoms with E-state index in [0.717, 1.165) is 11.3 Å². The van der Waals surface area contributed by atoms with Crippen molar-refractivity contribution in [1.82, 2.24) is 15.0 Å². The number of anilines is 2. The Morgan fingerprint density at radius 2 is 2.29 bits per heavy atom. The molecule has 7 heteroatoms. The first-order chi connectivity index (χ1) is 10.1. The molecule has 0 fully saturated rings. The van der Waals surface area contributed by atoms with Crippen molar-refractivity contribution >= 4 is 23.3 Å². The zero-order chi connectivity index (χ0) is 14.8. The predicted molar refractivity (Wildman–Crippen MR) is 76.9 cm³/mol. The zero-order valence-electron chi connectivity index (χ0n) is 11.6. The second kappa shape index (κ2) is 5.35. The van der Waals surface area contributed by atoms with Gasteiger partial charge < -0.3 is 10.3 Å². The van der Waals surface area contributed by atoms with Gasteiger partial charge in [0.1, 0.15) is 6.54 Å². The van der Waals surface area contributed by atoms with E-state index in [2.05, 4.69) is 20.3 Å². The molecule has 0 saturated carbocycles. The minimum absolute atomic E-state index is 0.00483. The molecule has 0 bridgehead atoms. The largest absolute Gasteiger partial charge is 0.348 e. The molecule has 7 nitrogen and oxygen atoms in total. The minimum atomic E-state index is -0.204. The summed E-state index contributed by atoms with van der Waals surface area (Å²) in [5, 5.41) is 2.74. The Morgan fingerprint density at radius 3 is 3.05 bits per heavy atom. The van der Waals surface area contributed by atoms with Crippen LogP contribution in [0.5, 0.6) is 0 Å². The second-order valence-corrected chi connectivity index (χ2v) is 4.99. The van der Waals surface area contributed by atoms with Crippen molar-refractivity contribution in [3.05, 3.63) is 36.0 Å². The molecule has 0 radical (unpaired) electrons. The Kier molecular flexibility index (Phi) is 3.39. The van der Waals surface area contributed by atoms with E-state index >= 15 is 0 Å². The van der Waals surface area contributed by atoms with Crippen LogP contribution in [0.2, 0.25) is 0 Å². The summed E-state index contributed by atoms with van der Waals surface area (Å²) >= 11 is 0. The highest BCUT2D eigenvalue weighted by molar-refractivity contribution is 6.08. The van der Waals surface area contributed by atoms with E-state index in [4.69, 9.17) is 0 Å². The van der Waals surface area contributed by atoms with Gasteiger partial charge >= 0.3 is 0 Å². The predicted octanol–water partition coefficient (Wildman–Crippen LogP) is 1.03. The van der Waals surface area contributed by atoms with Gasteiger partial charge in [-0.15, -0.1) is 0 Å². The van der Waals surface area contributed by atoms with Crippen molar-refractivity contribution in [2.75, 3.05) is 16.8 Å². The van der Waals surface area contributed by atoms with Crippen LogP contribution >= 0.6 is 0 Å². The molecule has 0 unspecified atom stereocenters. The molecular formula is C14H15N5O2. The van der Waals surface area contributed by atoms with Gasteiger partial charge in [-0.3, -0.25) is 14.5 Å². The Morgan fingerprint density at radius 1 is 1.43 bits per heavy atom. The number of aromatic amines is 1. The van der Waals surface area contributed by atoms with Crippen molar-refractivity contribution in [2.24, 2.45) is 0 Å². The molecule has 2 N–H and O–H groups in total. The Balaban J connectivity index is 1.78. The van der Waals surface area contributed by atoms with Gasteiger partial charge in [-0.25, -0.2) is 9.97 Å². The molecule has 2 aromatic rings. The van der Waals surface area contributed by atoms with Crippen molar-refractivity contribution in [1.29, 1.82) is 0 Å². The van der Waals surface area contributed by atoms with Crippen molar-refractivity contribution < 1.29 is 9.59 Å². The third-order valence-corrected chi connectivity index (χ3v) is 3.30. The topological polar surface area (TPSA) is 91.0 Å². The van der Waals surface area contributed by atoms with Crippen LogP contribution in [0.3, 0.4) is 0 Å². The third-order valence-electron chi connectivity index (χ3n) is 3.30. The van der Waals surface area contributed by atoms with Crippen LogP contribution in [-0.2, 0) is 16.0 Å². The van der Waals surface area contributed by atoms with Crippen molar-refractivity contribution in [2.45, 2.75) is 19.8 Å². The van der Waals surface area contributed by atoms with E-state index in [1.54, 1.807) is 18.7 Å². The third kappa shape index (κ3) is 2.76. The Hall–Kier alpha value is -2.70. The fourth-order valence-corrected chi connectivity index (χ4v) is 2.28. The molecule has 0 atom stereocenters. The minimum Gasteiger partial charge on any atom is -0.348 e. The summed E-state index contributed by atoms with van der Waals surface area (Å²) in [6.45, 7) is 1.89. The molecule has 1 aliphatic rings. The highest BCUT2D eigenvalue weighted by Crippen LogP contribution is 2.28. The Bertz CT molecular complexity index is 681. The number of fused-ring (bicyclic) bond motifs is 1. The van der Waals surface area contributed by atoms with Crippen molar-refractivity contribution in [3.63, 3.8) is 0 Å². The molecule has 2 amide bonds. The summed E-state index contributed by atoms with van der Waals surface area (Å²) in [6.07, 6.45) is 5.80. The summed E-state index contributed by atoms with van der Waals surface area (Å²) in [4.78, 5) is 36.7. The van der Waals surface area contributed by atoms with Gasteiger partial charge in [0.25, 0.3) is 0 Å². The second-order valence-electron chi connectivity index (χ2n) is 4.99. The van der Waals surface area contributed by atoms with Gasteiger partial charge in [0.15, 0.2) is 5.82 Å². The maximum absolute atomic E-state index is 12.4. The van der Waals surface area contributed by atoms with E-state index in [9.17, 15) is 9.59 Å². The van der Waals surface area contributed by atoms with E-state index < -0.39 is 0 Å². The standard InChI is InChI=1S/C14H15N5O2/c1-9-4-11-14(16-5-9)19(7-12(20)18-11)13(21)3-2-10-6-15-8-17-10/h4-6,8H,2-3,7H2,1H3,(H,15,17)(H,18,20). The summed E-state index contributed by atoms with van der Waals surface area (Å²) in [7, 11) is 0. The van der Waals surface area contributed by atoms with Gasteiger partial charge in [0.2, 0.25) is 11.8 Å². The van der Waals surface area contributed by atoms with Gasteiger partial charge in [-0.2, -0.15) is 0 Å². The van der Waals surface area contributed by atoms with Gasteiger partial charge in [-0.1, -0.05) is 0 Å². The van der Waals surface area contributed by atoms with E-state index in [0.29, 0.717) is 24.3 Å². The fraction of sp³-hybridized carbons (Fsp3) is 0.286. The molecule has 3 heterocycles. The number of imidazole rings is 1. The maximum Gasteiger partial charge on any atom is 0.244 e. The smallest absolute Gasteiger partial charge is 0.244 e. The molecule has 0 aliphatic carbocycles. The summed E-state index contributed by atoms with van der Waals surface area (Å²) in [5.74, 6) is 0.177. The average Bonchev–Trinajstić information content (AvgIpc) is 2.96. The summed E-state index contributed by atoms with van der Waals surface area (Å²) in [6, 6.07) is 1.81. The molecule has 1 aliphatic heterocycles. The van der Waals surface area contributed by atoms with Crippen LogP contribution in [0, 0.1) is 6.92 Å². The average molecular weight is 285 g/mol. The molecule has 0 aromatic carbocycles. The number of nitrogens with zero attached hydrogens (tertiary/aromatic N) is 3. The SMILES string of the molecule is Cc1cnc2c(c1)NC(=O)CN2C(=O)CCc1cnc[nH]1. The number of aromatic nitrogens is 3. The number of hydrogen-bond acceptors (Lipinski definition) is 4. The molecule has 0 saturated heterocycles. The zero-order valence-corrected chi connectivity index (χ0v) is 11.6. The van der Waals surface area contributed by atoms with Crippen molar-refractivity contribution in [3.8, 4) is 0 Å². The number of hydrogen-bond donors (Lipinski definition) is 2. The lowest BCUT2D eigenvalue weighted by Gasteiger charge is -2.28. The number of H-pyrrole nitrogens is 1. The highest BCUT2D eigenvalue weighted by Gasteiger charge is 2.27. The highest BCUT2D eigenvalue weighted by atomic mass is 16.2. The molecule has 2 aromatic heterocycles. The monoisotopic (exact) mass is 285 g/mol. The maximum atomic E-state index is 12.4. The lowest BCUT2D eigenvalue weighted by Crippen LogP contribution is -2.42. The fourth-order valence-electron chi connectivity index (χ4n) is 2.28. The van der Waals surface area contributed by atoms with Crippen LogP contribution in [0.4, 0.5) is 11.5 Å². The van der Waals surface area contributed by atoms with Gasteiger partial charge in [0.05, 0.1) is 12.0 Å². The molecule has 3 rings (SSSR count). The first-order valence-corrected chi connectivity index (χ1v) is 6.67. The number of carbonyl (C=O) groups is 2. The number of nitrogens with one attached hydrogen (secondary N) is 2. The lowest BCUT2D eigenvalue weighted by molar-refractivity contribution is -0.121. The summed E-state index contributed by atoms with van der Waals surface area (Å²) in [5.41, 5.74) is 2.41. The molecule has 21 heavy (non-hydrogen) atoms. The van der Waals surface area contributed by atoms with Crippen LogP contribution in [0.15, 0.2) is 24.8 Å². The first kappa shape index (κ1) is 13.3. The van der Waals surface area contributed by atoms with E-state index in [1.165, 1.54) is 4.90 Å². The molecule has 0 spiro atoms. The number of pyridine rings is 1. The number of aryl methyl sites for hydroxylation is 2. The van der Waals surface area contributed by atoms with Gasteiger partial charge in [0, 0.05) is 24.5 Å². The summed E-state index contributed by atoms with van der Waals surface area (Å²) < 4.78 is 0. The normalized spacial score (nSPS) is 13.8. The van der Waals surface area contributed by atoms with E-state index in [-0.39, 0.29) is 18.4 Å². The van der Waals surface area contributed by atoms with Crippen LogP contribution in [0.25, 0.3) is 0 Å².